The molecule has 0 spiro atoms. The van der Waals surface area contributed by atoms with E-state index in [2.05, 4.69) is 4.98 Å². The summed E-state index contributed by atoms with van der Waals surface area (Å²) in [6.07, 6.45) is 2.43. The molecule has 0 bridgehead atoms. The van der Waals surface area contributed by atoms with Gasteiger partial charge in [0.25, 0.3) is 5.91 Å². The van der Waals surface area contributed by atoms with Gasteiger partial charge in [-0.2, -0.15) is 0 Å². The standard InChI is InChI=1S/C18H20N2O4/c1-22-15-9-13(10-16(11-15)23-2)18(21)20-8-6-14(12-20)24-17-5-3-4-7-19-17/h3-5,7,9-11,14H,6,8,12H2,1-2H3/t14-/m1/s1. The molecule has 1 aromatic carbocycles. The average molecular weight is 328 g/mol. The largest absolute Gasteiger partial charge is 0.497 e. The normalized spacial score (nSPS) is 16.8. The molecule has 6 heteroatoms. The summed E-state index contributed by atoms with van der Waals surface area (Å²) in [5.41, 5.74) is 0.546. The second-order valence-corrected chi connectivity index (χ2v) is 5.55. The number of carbonyl (C=O) groups is 1. The first-order valence-electron chi connectivity index (χ1n) is 7.79. The van der Waals surface area contributed by atoms with Crippen LogP contribution in [-0.2, 0) is 0 Å². The monoisotopic (exact) mass is 328 g/mol. The maximum absolute atomic E-state index is 12.7. The Bertz CT molecular complexity index is 683. The van der Waals surface area contributed by atoms with Crippen LogP contribution >= 0.6 is 0 Å². The lowest BCUT2D eigenvalue weighted by molar-refractivity contribution is 0.0770. The van der Waals surface area contributed by atoms with E-state index in [1.165, 1.54) is 0 Å². The van der Waals surface area contributed by atoms with E-state index in [-0.39, 0.29) is 12.0 Å². The molecule has 1 aliphatic rings. The summed E-state index contributed by atoms with van der Waals surface area (Å²) >= 11 is 0. The number of benzene rings is 1. The van der Waals surface area contributed by atoms with Crippen molar-refractivity contribution >= 4 is 5.91 Å². The Morgan fingerprint density at radius 2 is 1.92 bits per heavy atom. The predicted molar refractivity (Wildman–Crippen MR) is 88.7 cm³/mol. The van der Waals surface area contributed by atoms with Crippen LogP contribution < -0.4 is 14.2 Å². The van der Waals surface area contributed by atoms with E-state index in [4.69, 9.17) is 14.2 Å². The number of nitrogens with zero attached hydrogens (tertiary/aromatic N) is 2. The number of methoxy groups -OCH3 is 2. The predicted octanol–water partition coefficient (Wildman–Crippen LogP) is 2.39. The second kappa shape index (κ2) is 7.21. The highest BCUT2D eigenvalue weighted by atomic mass is 16.5. The molecule has 0 N–H and O–H groups in total. The van der Waals surface area contributed by atoms with E-state index in [0.717, 1.165) is 6.42 Å². The number of ether oxygens (including phenoxy) is 3. The molecule has 0 radical (unpaired) electrons. The molecule has 1 atom stereocenters. The molecule has 6 nitrogen and oxygen atoms in total. The second-order valence-electron chi connectivity index (χ2n) is 5.55. The number of aromatic nitrogens is 1. The van der Waals surface area contributed by atoms with E-state index in [0.29, 0.717) is 36.0 Å². The molecule has 0 unspecified atom stereocenters. The summed E-state index contributed by atoms with van der Waals surface area (Å²) in [6.45, 7) is 1.19. The minimum Gasteiger partial charge on any atom is -0.497 e. The van der Waals surface area contributed by atoms with E-state index < -0.39 is 0 Å². The van der Waals surface area contributed by atoms with Gasteiger partial charge in [0, 0.05) is 36.9 Å². The highest BCUT2D eigenvalue weighted by Crippen LogP contribution is 2.25. The Balaban J connectivity index is 1.68. The molecule has 1 fully saturated rings. The summed E-state index contributed by atoms with van der Waals surface area (Å²) in [7, 11) is 3.13. The van der Waals surface area contributed by atoms with E-state index in [1.54, 1.807) is 43.5 Å². The van der Waals surface area contributed by atoms with Crippen molar-refractivity contribution in [3.63, 3.8) is 0 Å². The van der Waals surface area contributed by atoms with Crippen LogP contribution in [0.5, 0.6) is 17.4 Å². The van der Waals surface area contributed by atoms with Crippen LogP contribution in [-0.4, -0.2) is 49.2 Å². The van der Waals surface area contributed by atoms with Crippen LogP contribution in [0.25, 0.3) is 0 Å². The smallest absolute Gasteiger partial charge is 0.254 e. The van der Waals surface area contributed by atoms with Crippen molar-refractivity contribution in [2.45, 2.75) is 12.5 Å². The SMILES string of the molecule is COc1cc(OC)cc(C(=O)N2CC[C@@H](Oc3ccccn3)C2)c1. The number of likely N-dealkylation sites (tertiary alicyclic amines) is 1. The molecule has 2 aromatic rings. The van der Waals surface area contributed by atoms with Gasteiger partial charge in [-0.3, -0.25) is 4.79 Å². The lowest BCUT2D eigenvalue weighted by atomic mass is 10.1. The third kappa shape index (κ3) is 3.59. The molecule has 1 saturated heterocycles. The van der Waals surface area contributed by atoms with Gasteiger partial charge in [0.05, 0.1) is 20.8 Å². The number of rotatable bonds is 5. The highest BCUT2D eigenvalue weighted by Gasteiger charge is 2.29. The zero-order valence-electron chi connectivity index (χ0n) is 13.8. The zero-order chi connectivity index (χ0) is 16.9. The topological polar surface area (TPSA) is 60.9 Å². The maximum Gasteiger partial charge on any atom is 0.254 e. The van der Waals surface area contributed by atoms with Crippen molar-refractivity contribution in [1.82, 2.24) is 9.88 Å². The molecule has 1 aliphatic heterocycles. The first-order valence-corrected chi connectivity index (χ1v) is 7.79. The summed E-state index contributed by atoms with van der Waals surface area (Å²) in [5, 5.41) is 0. The number of pyridine rings is 1. The van der Waals surface area contributed by atoms with Crippen molar-refractivity contribution in [3.05, 3.63) is 48.2 Å². The summed E-state index contributed by atoms with van der Waals surface area (Å²) in [5.74, 6) is 1.72. The Labute approximate surface area is 141 Å². The molecule has 1 amide bonds. The Kier molecular flexibility index (Phi) is 4.84. The van der Waals surface area contributed by atoms with E-state index in [1.807, 2.05) is 18.2 Å². The van der Waals surface area contributed by atoms with Gasteiger partial charge in [0.2, 0.25) is 5.88 Å². The number of amides is 1. The van der Waals surface area contributed by atoms with Crippen LogP contribution in [0, 0.1) is 0 Å². The van der Waals surface area contributed by atoms with Gasteiger partial charge in [-0.15, -0.1) is 0 Å². The van der Waals surface area contributed by atoms with Gasteiger partial charge in [-0.25, -0.2) is 4.98 Å². The van der Waals surface area contributed by atoms with Crippen molar-refractivity contribution in [1.29, 1.82) is 0 Å². The molecule has 0 aliphatic carbocycles. The fourth-order valence-corrected chi connectivity index (χ4v) is 2.71. The van der Waals surface area contributed by atoms with Gasteiger partial charge in [0.1, 0.15) is 17.6 Å². The van der Waals surface area contributed by atoms with Crippen molar-refractivity contribution in [2.24, 2.45) is 0 Å². The molecular weight excluding hydrogens is 308 g/mol. The van der Waals surface area contributed by atoms with E-state index in [9.17, 15) is 4.79 Å². The van der Waals surface area contributed by atoms with Crippen LogP contribution in [0.1, 0.15) is 16.8 Å². The lowest BCUT2D eigenvalue weighted by Gasteiger charge is -2.18. The third-order valence-electron chi connectivity index (χ3n) is 3.96. The molecule has 1 aromatic heterocycles. The molecule has 126 valence electrons. The van der Waals surface area contributed by atoms with Crippen molar-refractivity contribution < 1.29 is 19.0 Å². The first-order chi connectivity index (χ1) is 11.7. The number of hydrogen-bond acceptors (Lipinski definition) is 5. The fraction of sp³-hybridized carbons (Fsp3) is 0.333. The Hall–Kier alpha value is -2.76. The molecule has 3 rings (SSSR count). The van der Waals surface area contributed by atoms with Crippen LogP contribution in [0.2, 0.25) is 0 Å². The van der Waals surface area contributed by atoms with Gasteiger partial charge in [-0.1, -0.05) is 6.07 Å². The number of hydrogen-bond donors (Lipinski definition) is 0. The molecular formula is C18H20N2O4. The van der Waals surface area contributed by atoms with Crippen LogP contribution in [0.15, 0.2) is 42.6 Å². The Morgan fingerprint density at radius 3 is 2.54 bits per heavy atom. The summed E-state index contributed by atoms with van der Waals surface area (Å²) in [6, 6.07) is 10.7. The highest BCUT2D eigenvalue weighted by molar-refractivity contribution is 5.95. The fourth-order valence-electron chi connectivity index (χ4n) is 2.71. The molecule has 2 heterocycles. The molecule has 0 saturated carbocycles. The Morgan fingerprint density at radius 1 is 1.17 bits per heavy atom. The van der Waals surface area contributed by atoms with Gasteiger partial charge in [-0.05, 0) is 18.2 Å². The third-order valence-corrected chi connectivity index (χ3v) is 3.96. The van der Waals surface area contributed by atoms with Crippen molar-refractivity contribution in [2.75, 3.05) is 27.3 Å². The maximum atomic E-state index is 12.7. The minimum absolute atomic E-state index is 0.0450. The van der Waals surface area contributed by atoms with Crippen LogP contribution in [0.3, 0.4) is 0 Å². The summed E-state index contributed by atoms with van der Waals surface area (Å²) < 4.78 is 16.3. The first kappa shape index (κ1) is 16.1. The van der Waals surface area contributed by atoms with Gasteiger partial charge >= 0.3 is 0 Å². The lowest BCUT2D eigenvalue weighted by Crippen LogP contribution is -2.31. The quantitative estimate of drug-likeness (QED) is 0.843. The van der Waals surface area contributed by atoms with Crippen LogP contribution in [0.4, 0.5) is 0 Å². The number of carbonyl (C=O) groups excluding carboxylic acids is 1. The minimum atomic E-state index is -0.0562. The summed E-state index contributed by atoms with van der Waals surface area (Å²) in [4.78, 5) is 18.7. The molecule has 24 heavy (non-hydrogen) atoms. The average Bonchev–Trinajstić information content (AvgIpc) is 3.09. The van der Waals surface area contributed by atoms with Gasteiger partial charge < -0.3 is 19.1 Å². The van der Waals surface area contributed by atoms with E-state index >= 15 is 0 Å². The van der Waals surface area contributed by atoms with Crippen molar-refractivity contribution in [3.8, 4) is 17.4 Å². The van der Waals surface area contributed by atoms with Gasteiger partial charge in [0.15, 0.2) is 0 Å². The zero-order valence-corrected chi connectivity index (χ0v) is 13.8.